The van der Waals surface area contributed by atoms with Crippen molar-refractivity contribution in [1.29, 1.82) is 5.26 Å². The summed E-state index contributed by atoms with van der Waals surface area (Å²) in [5.74, 6) is -2.51. The van der Waals surface area contributed by atoms with Crippen LogP contribution in [0.15, 0.2) is 65.7 Å². The highest BCUT2D eigenvalue weighted by Crippen LogP contribution is 2.24. The van der Waals surface area contributed by atoms with Gasteiger partial charge >= 0.3 is 0 Å². The van der Waals surface area contributed by atoms with Crippen LogP contribution in [0.4, 0.5) is 15.9 Å². The Labute approximate surface area is 192 Å². The smallest absolute Gasteiger partial charge is 0.269 e. The summed E-state index contributed by atoms with van der Waals surface area (Å²) in [6, 6.07) is 16.7. The first-order valence-electron chi connectivity index (χ1n) is 9.42. The highest BCUT2D eigenvalue weighted by molar-refractivity contribution is 8.00. The van der Waals surface area contributed by atoms with Crippen molar-refractivity contribution in [2.24, 2.45) is 0 Å². The van der Waals surface area contributed by atoms with Crippen molar-refractivity contribution in [3.8, 4) is 6.07 Å². The number of hydrogen-bond donors (Lipinski definition) is 4. The Balaban J connectivity index is 1.60. The number of nitrogens with zero attached hydrogens (tertiary/aromatic N) is 2. The van der Waals surface area contributed by atoms with E-state index in [9.17, 15) is 24.0 Å². The SMILES string of the molecule is N#Cc1cc(C(=O)Nc2ccccc2)c(N)nc1SCC(=O)NNC(=O)c1ccc(F)cc1. The number of hydrazine groups is 1. The first-order chi connectivity index (χ1) is 15.9. The van der Waals surface area contributed by atoms with Crippen LogP contribution in [0.25, 0.3) is 0 Å². The van der Waals surface area contributed by atoms with Crippen LogP contribution in [-0.2, 0) is 4.79 Å². The summed E-state index contributed by atoms with van der Waals surface area (Å²) < 4.78 is 12.9. The van der Waals surface area contributed by atoms with E-state index in [2.05, 4.69) is 21.2 Å². The van der Waals surface area contributed by atoms with Gasteiger partial charge in [0.15, 0.2) is 0 Å². The third-order valence-electron chi connectivity index (χ3n) is 4.18. The molecule has 0 bridgehead atoms. The second-order valence-corrected chi connectivity index (χ2v) is 7.47. The van der Waals surface area contributed by atoms with Crippen molar-refractivity contribution in [1.82, 2.24) is 15.8 Å². The van der Waals surface area contributed by atoms with E-state index in [4.69, 9.17) is 5.73 Å². The Morgan fingerprint density at radius 3 is 2.39 bits per heavy atom. The van der Waals surface area contributed by atoms with E-state index in [1.165, 1.54) is 18.2 Å². The molecular formula is C22H17FN6O3S. The van der Waals surface area contributed by atoms with Gasteiger partial charge in [-0.15, -0.1) is 0 Å². The van der Waals surface area contributed by atoms with Crippen molar-refractivity contribution in [2.45, 2.75) is 5.03 Å². The molecular weight excluding hydrogens is 447 g/mol. The van der Waals surface area contributed by atoms with Gasteiger partial charge in [0, 0.05) is 11.3 Å². The minimum absolute atomic E-state index is 0.0239. The molecule has 0 aliphatic carbocycles. The molecule has 3 aromatic rings. The van der Waals surface area contributed by atoms with Gasteiger partial charge in [-0.1, -0.05) is 30.0 Å². The van der Waals surface area contributed by atoms with Crippen LogP contribution in [0.1, 0.15) is 26.3 Å². The highest BCUT2D eigenvalue weighted by atomic mass is 32.2. The summed E-state index contributed by atoms with van der Waals surface area (Å²) in [6.07, 6.45) is 0. The van der Waals surface area contributed by atoms with Crippen molar-refractivity contribution in [3.05, 3.63) is 83.2 Å². The molecule has 5 N–H and O–H groups in total. The average molecular weight is 464 g/mol. The third-order valence-corrected chi connectivity index (χ3v) is 5.17. The lowest BCUT2D eigenvalue weighted by molar-refractivity contribution is -0.119. The fourth-order valence-corrected chi connectivity index (χ4v) is 3.33. The van der Waals surface area contributed by atoms with E-state index in [1.54, 1.807) is 30.3 Å². The van der Waals surface area contributed by atoms with Crippen LogP contribution in [0.3, 0.4) is 0 Å². The minimum Gasteiger partial charge on any atom is -0.383 e. The molecule has 0 fully saturated rings. The monoisotopic (exact) mass is 464 g/mol. The number of aromatic nitrogens is 1. The minimum atomic E-state index is -0.623. The number of nitrogens with two attached hydrogens (primary N) is 1. The van der Waals surface area contributed by atoms with Crippen molar-refractivity contribution in [3.63, 3.8) is 0 Å². The maximum absolute atomic E-state index is 12.9. The molecule has 0 aliphatic heterocycles. The van der Waals surface area contributed by atoms with Crippen LogP contribution in [-0.4, -0.2) is 28.5 Å². The zero-order chi connectivity index (χ0) is 23.8. The Bertz CT molecular complexity index is 1230. The van der Waals surface area contributed by atoms with Gasteiger partial charge in [-0.3, -0.25) is 25.2 Å². The zero-order valence-corrected chi connectivity index (χ0v) is 17.8. The first-order valence-corrected chi connectivity index (χ1v) is 10.4. The predicted octanol–water partition coefficient (Wildman–Crippen LogP) is 2.48. The number of benzene rings is 2. The van der Waals surface area contributed by atoms with Gasteiger partial charge in [-0.25, -0.2) is 9.37 Å². The number of pyridine rings is 1. The molecule has 1 heterocycles. The fourth-order valence-electron chi connectivity index (χ4n) is 2.57. The zero-order valence-electron chi connectivity index (χ0n) is 17.0. The number of carbonyl (C=O) groups is 3. The number of nitrogens with one attached hydrogen (secondary N) is 3. The molecule has 33 heavy (non-hydrogen) atoms. The number of nitrogen functional groups attached to an aromatic ring is 1. The van der Waals surface area contributed by atoms with Crippen LogP contribution in [0.2, 0.25) is 0 Å². The third kappa shape index (κ3) is 6.28. The molecule has 0 unspecified atom stereocenters. The van der Waals surface area contributed by atoms with Gasteiger partial charge in [0.05, 0.1) is 16.9 Å². The van der Waals surface area contributed by atoms with E-state index in [0.717, 1.165) is 23.9 Å². The Hall–Kier alpha value is -4.43. The molecule has 0 saturated carbocycles. The molecule has 11 heteroatoms. The van der Waals surface area contributed by atoms with Gasteiger partial charge in [-0.05, 0) is 42.5 Å². The number of para-hydroxylation sites is 1. The molecule has 1 aromatic heterocycles. The molecule has 0 spiro atoms. The van der Waals surface area contributed by atoms with Gasteiger partial charge in [-0.2, -0.15) is 5.26 Å². The molecule has 166 valence electrons. The van der Waals surface area contributed by atoms with E-state index < -0.39 is 23.5 Å². The quantitative estimate of drug-likeness (QED) is 0.323. The number of thioether (sulfide) groups is 1. The van der Waals surface area contributed by atoms with E-state index in [0.29, 0.717) is 5.69 Å². The lowest BCUT2D eigenvalue weighted by atomic mass is 10.2. The largest absolute Gasteiger partial charge is 0.383 e. The molecule has 0 atom stereocenters. The summed E-state index contributed by atoms with van der Waals surface area (Å²) in [6.45, 7) is 0. The number of rotatable bonds is 6. The number of nitriles is 1. The number of carbonyl (C=O) groups excluding carboxylic acids is 3. The number of anilines is 2. The molecule has 9 nitrogen and oxygen atoms in total. The molecule has 0 radical (unpaired) electrons. The highest BCUT2D eigenvalue weighted by Gasteiger charge is 2.17. The fraction of sp³-hybridized carbons (Fsp3) is 0.0455. The molecule has 3 amide bonds. The van der Waals surface area contributed by atoms with E-state index in [-0.39, 0.29) is 33.3 Å². The lowest BCUT2D eigenvalue weighted by Gasteiger charge is -2.11. The van der Waals surface area contributed by atoms with Crippen LogP contribution in [0, 0.1) is 17.1 Å². The second kappa shape index (κ2) is 10.7. The standard InChI is InChI=1S/C22H17FN6O3S/c23-15-8-6-13(7-9-15)20(31)29-28-18(30)12-33-22-14(11-24)10-17(19(25)27-22)21(32)26-16-4-2-1-3-5-16/h1-10H,12H2,(H2,25,27)(H,26,32)(H,28,30)(H,29,31). The molecule has 0 saturated heterocycles. The Morgan fingerprint density at radius 1 is 1.03 bits per heavy atom. The summed E-state index contributed by atoms with van der Waals surface area (Å²) in [5, 5.41) is 12.3. The average Bonchev–Trinajstić information content (AvgIpc) is 2.82. The molecule has 2 aromatic carbocycles. The van der Waals surface area contributed by atoms with Gasteiger partial charge < -0.3 is 11.1 Å². The summed E-state index contributed by atoms with van der Waals surface area (Å²) in [4.78, 5) is 40.6. The predicted molar refractivity (Wildman–Crippen MR) is 120 cm³/mol. The van der Waals surface area contributed by atoms with Gasteiger partial charge in [0.25, 0.3) is 11.8 Å². The Morgan fingerprint density at radius 2 is 1.73 bits per heavy atom. The number of halogens is 1. The van der Waals surface area contributed by atoms with Crippen LogP contribution < -0.4 is 21.9 Å². The molecule has 0 aliphatic rings. The van der Waals surface area contributed by atoms with Gasteiger partial charge in [0.1, 0.15) is 22.7 Å². The maximum atomic E-state index is 12.9. The van der Waals surface area contributed by atoms with E-state index >= 15 is 0 Å². The lowest BCUT2D eigenvalue weighted by Crippen LogP contribution is -2.42. The first kappa shape index (κ1) is 23.2. The normalized spacial score (nSPS) is 10.1. The maximum Gasteiger partial charge on any atom is 0.269 e. The van der Waals surface area contributed by atoms with Crippen molar-refractivity contribution in [2.75, 3.05) is 16.8 Å². The van der Waals surface area contributed by atoms with Crippen molar-refractivity contribution < 1.29 is 18.8 Å². The topological polar surface area (TPSA) is 150 Å². The van der Waals surface area contributed by atoms with Gasteiger partial charge in [0.2, 0.25) is 5.91 Å². The van der Waals surface area contributed by atoms with E-state index in [1.807, 2.05) is 6.07 Å². The summed E-state index contributed by atoms with van der Waals surface area (Å²) in [5.41, 5.74) is 11.1. The van der Waals surface area contributed by atoms with Crippen LogP contribution >= 0.6 is 11.8 Å². The van der Waals surface area contributed by atoms with Crippen molar-refractivity contribution >= 4 is 41.0 Å². The second-order valence-electron chi connectivity index (χ2n) is 6.50. The summed E-state index contributed by atoms with van der Waals surface area (Å²) >= 11 is 0.909. The number of amides is 3. The summed E-state index contributed by atoms with van der Waals surface area (Å²) in [7, 11) is 0. The Kier molecular flexibility index (Phi) is 7.56. The number of hydrogen-bond acceptors (Lipinski definition) is 7. The molecule has 3 rings (SSSR count). The van der Waals surface area contributed by atoms with Crippen LogP contribution in [0.5, 0.6) is 0 Å².